The highest BCUT2D eigenvalue weighted by molar-refractivity contribution is 6.08. The molecule has 1 aliphatic rings. The van der Waals surface area contributed by atoms with Gasteiger partial charge < -0.3 is 24.6 Å². The topological polar surface area (TPSA) is 94.1 Å². The fourth-order valence-electron chi connectivity index (χ4n) is 3.33. The van der Waals surface area contributed by atoms with Gasteiger partial charge in [-0.1, -0.05) is 24.3 Å². The van der Waals surface area contributed by atoms with Gasteiger partial charge in [0.05, 0.1) is 12.2 Å². The number of carbonyl (C=O) groups is 2. The van der Waals surface area contributed by atoms with Gasteiger partial charge in [-0.15, -0.1) is 0 Å². The van der Waals surface area contributed by atoms with E-state index in [-0.39, 0.29) is 29.8 Å². The van der Waals surface area contributed by atoms with Crippen molar-refractivity contribution in [1.29, 1.82) is 0 Å². The van der Waals surface area contributed by atoms with E-state index < -0.39 is 5.79 Å². The summed E-state index contributed by atoms with van der Waals surface area (Å²) < 4.78 is 16.9. The van der Waals surface area contributed by atoms with Crippen LogP contribution >= 0.6 is 0 Å². The highest BCUT2D eigenvalue weighted by atomic mass is 16.7. The van der Waals surface area contributed by atoms with Crippen LogP contribution in [0.15, 0.2) is 54.6 Å². The molecule has 1 saturated heterocycles. The van der Waals surface area contributed by atoms with Crippen molar-refractivity contribution in [3.8, 4) is 11.5 Å². The highest BCUT2D eigenvalue weighted by Crippen LogP contribution is 2.27. The van der Waals surface area contributed by atoms with Crippen molar-refractivity contribution in [2.24, 2.45) is 0 Å². The molecule has 0 amide bonds. The predicted octanol–water partition coefficient (Wildman–Crippen LogP) is 4.62. The molecule has 0 radical (unpaired) electrons. The molecule has 1 atom stereocenters. The Hall–Kier alpha value is -3.42. The quantitative estimate of drug-likeness (QED) is 0.236. The smallest absolute Gasteiger partial charge is 0.189 e. The zero-order valence-electron chi connectivity index (χ0n) is 19.0. The third-order valence-electron chi connectivity index (χ3n) is 5.02. The van der Waals surface area contributed by atoms with Crippen LogP contribution in [0.2, 0.25) is 0 Å². The molecule has 7 nitrogen and oxygen atoms in total. The van der Waals surface area contributed by atoms with Crippen LogP contribution in [0.4, 0.5) is 5.69 Å². The molecule has 1 fully saturated rings. The molecule has 2 aromatic rings. The number of aromatic hydroxyl groups is 1. The Morgan fingerprint density at radius 1 is 1.27 bits per heavy atom. The van der Waals surface area contributed by atoms with Gasteiger partial charge in [0.1, 0.15) is 24.2 Å². The number of phenols is 1. The lowest BCUT2D eigenvalue weighted by molar-refractivity contribution is -0.141. The molecule has 174 valence electrons. The maximum atomic E-state index is 12.6. The van der Waals surface area contributed by atoms with E-state index in [1.54, 1.807) is 30.3 Å². The number of carbonyl (C=O) groups excluding carboxylic acids is 2. The average Bonchev–Trinajstić information content (AvgIpc) is 3.15. The fraction of sp³-hybridized carbons (Fsp3) is 0.308. The van der Waals surface area contributed by atoms with Crippen LogP contribution in [0.5, 0.6) is 11.5 Å². The van der Waals surface area contributed by atoms with Crippen LogP contribution in [-0.4, -0.2) is 48.8 Å². The number of rotatable bonds is 10. The molecule has 0 aliphatic carbocycles. The molecule has 0 aromatic heterocycles. The van der Waals surface area contributed by atoms with Gasteiger partial charge in [-0.05, 0) is 56.7 Å². The lowest BCUT2D eigenvalue weighted by atomic mass is 10.1. The summed E-state index contributed by atoms with van der Waals surface area (Å²) in [5.41, 5.74) is 2.13. The number of anilines is 1. The Bertz CT molecular complexity index is 1060. The summed E-state index contributed by atoms with van der Waals surface area (Å²) in [6, 6.07) is 9.80. The van der Waals surface area contributed by atoms with Crippen molar-refractivity contribution in [2.75, 3.05) is 25.1 Å². The number of hydrogen-bond acceptors (Lipinski definition) is 7. The van der Waals surface area contributed by atoms with E-state index in [9.17, 15) is 14.7 Å². The minimum Gasteiger partial charge on any atom is -0.507 e. The molecule has 2 N–H and O–H groups in total. The molecule has 1 heterocycles. The first-order valence-corrected chi connectivity index (χ1v) is 10.8. The van der Waals surface area contributed by atoms with Crippen molar-refractivity contribution >= 4 is 23.8 Å². The molecular formula is C26H29NO6. The van der Waals surface area contributed by atoms with E-state index in [1.807, 2.05) is 32.9 Å². The van der Waals surface area contributed by atoms with Crippen LogP contribution in [0.25, 0.3) is 6.08 Å². The Balaban J connectivity index is 1.63. The second-order valence-electron chi connectivity index (χ2n) is 8.05. The van der Waals surface area contributed by atoms with Gasteiger partial charge >= 0.3 is 0 Å². The minimum atomic E-state index is -0.629. The zero-order valence-corrected chi connectivity index (χ0v) is 19.0. The Kier molecular flexibility index (Phi) is 8.03. The maximum absolute atomic E-state index is 12.6. The Morgan fingerprint density at radius 3 is 2.76 bits per heavy atom. The summed E-state index contributed by atoms with van der Waals surface area (Å²) in [5, 5.41) is 13.5. The van der Waals surface area contributed by atoms with Crippen LogP contribution in [-0.2, 0) is 9.47 Å². The second-order valence-corrected chi connectivity index (χ2v) is 8.05. The molecule has 33 heavy (non-hydrogen) atoms. The first kappa shape index (κ1) is 24.2. The summed E-state index contributed by atoms with van der Waals surface area (Å²) in [5.74, 6) is -0.717. The first-order chi connectivity index (χ1) is 15.8. The highest BCUT2D eigenvalue weighted by Gasteiger charge is 2.33. The average molecular weight is 452 g/mol. The van der Waals surface area contributed by atoms with Gasteiger partial charge in [-0.25, -0.2) is 0 Å². The molecule has 1 aliphatic heterocycles. The zero-order chi connectivity index (χ0) is 23.8. The van der Waals surface area contributed by atoms with Crippen LogP contribution in [0.3, 0.4) is 0 Å². The third kappa shape index (κ3) is 6.78. The maximum Gasteiger partial charge on any atom is 0.189 e. The van der Waals surface area contributed by atoms with Gasteiger partial charge in [0.25, 0.3) is 0 Å². The summed E-state index contributed by atoms with van der Waals surface area (Å²) in [7, 11) is 0. The molecule has 0 saturated carbocycles. The van der Waals surface area contributed by atoms with Gasteiger partial charge in [0.2, 0.25) is 0 Å². The molecular weight excluding hydrogens is 422 g/mol. The second kappa shape index (κ2) is 10.9. The lowest BCUT2D eigenvalue weighted by Gasteiger charge is -2.17. The molecule has 0 spiro atoms. The number of benzene rings is 2. The predicted molar refractivity (Wildman–Crippen MR) is 127 cm³/mol. The largest absolute Gasteiger partial charge is 0.507 e. The van der Waals surface area contributed by atoms with Crippen LogP contribution in [0, 0.1) is 0 Å². The third-order valence-corrected chi connectivity index (χ3v) is 5.02. The van der Waals surface area contributed by atoms with E-state index in [1.165, 1.54) is 18.2 Å². The van der Waals surface area contributed by atoms with Crippen molar-refractivity contribution in [3.05, 3.63) is 71.3 Å². The number of ether oxygens (including phenoxy) is 3. The van der Waals surface area contributed by atoms with E-state index in [0.29, 0.717) is 30.2 Å². The number of hydrogen-bond donors (Lipinski definition) is 2. The Morgan fingerprint density at radius 2 is 2.09 bits per heavy atom. The van der Waals surface area contributed by atoms with Gasteiger partial charge in [0, 0.05) is 23.9 Å². The van der Waals surface area contributed by atoms with Crippen LogP contribution < -0.4 is 10.1 Å². The van der Waals surface area contributed by atoms with E-state index >= 15 is 0 Å². The lowest BCUT2D eigenvalue weighted by Crippen LogP contribution is -2.25. The SMILES string of the molecule is C/C=C\CNc1cc(C=CC(=O)c2ccc(OCC3COC(C)(C)O3)cc2O)ccc1C=O. The number of nitrogens with one attached hydrogen (secondary N) is 1. The number of allylic oxidation sites excluding steroid dienone is 2. The number of ketones is 1. The van der Waals surface area contributed by atoms with Gasteiger partial charge in [-0.3, -0.25) is 9.59 Å². The fourth-order valence-corrected chi connectivity index (χ4v) is 3.33. The monoisotopic (exact) mass is 451 g/mol. The molecule has 3 rings (SSSR count). The summed E-state index contributed by atoms with van der Waals surface area (Å²) >= 11 is 0. The molecule has 1 unspecified atom stereocenters. The minimum absolute atomic E-state index is 0.163. The van der Waals surface area contributed by atoms with E-state index in [2.05, 4.69) is 5.32 Å². The van der Waals surface area contributed by atoms with Crippen molar-refractivity contribution in [1.82, 2.24) is 0 Å². The summed E-state index contributed by atoms with van der Waals surface area (Å²) in [6.45, 7) is 6.89. The van der Waals surface area contributed by atoms with E-state index in [4.69, 9.17) is 14.2 Å². The standard InChI is InChI=1S/C26H29NO6/c1-4-5-12-27-23-13-18(6-8-19(23)15-28)7-11-24(29)22-10-9-20(14-25(22)30)31-16-21-17-32-26(2,3)33-21/h4-11,13-15,21,27,30H,12,16-17H2,1-3H3/b5-4-,11-7?. The summed E-state index contributed by atoms with van der Waals surface area (Å²) in [4.78, 5) is 23.9. The molecule has 7 heteroatoms. The summed E-state index contributed by atoms with van der Waals surface area (Å²) in [6.07, 6.45) is 7.45. The first-order valence-electron chi connectivity index (χ1n) is 10.8. The van der Waals surface area contributed by atoms with Crippen molar-refractivity contribution in [2.45, 2.75) is 32.7 Å². The normalized spacial score (nSPS) is 17.5. The van der Waals surface area contributed by atoms with Crippen molar-refractivity contribution in [3.63, 3.8) is 0 Å². The van der Waals surface area contributed by atoms with Gasteiger partial charge in [-0.2, -0.15) is 0 Å². The Labute approximate surface area is 193 Å². The van der Waals surface area contributed by atoms with Gasteiger partial charge in [0.15, 0.2) is 17.9 Å². The van der Waals surface area contributed by atoms with Crippen LogP contribution in [0.1, 0.15) is 47.1 Å². The molecule has 0 bridgehead atoms. The number of phenolic OH excluding ortho intramolecular Hbond substituents is 1. The van der Waals surface area contributed by atoms with E-state index in [0.717, 1.165) is 11.8 Å². The molecule has 2 aromatic carbocycles. The number of aldehydes is 1. The van der Waals surface area contributed by atoms with Crippen molar-refractivity contribution < 1.29 is 28.9 Å².